The predicted molar refractivity (Wildman–Crippen MR) is 45.9 cm³/mol. The summed E-state index contributed by atoms with van der Waals surface area (Å²) in [6.45, 7) is 0. The van der Waals surface area contributed by atoms with Crippen LogP contribution in [0.2, 0.25) is 0 Å². The van der Waals surface area contributed by atoms with Crippen molar-refractivity contribution in [2.45, 2.75) is 4.90 Å². The van der Waals surface area contributed by atoms with E-state index in [1.54, 1.807) is 0 Å². The number of H-pyrrole nitrogens is 1. The standard InChI is InChI=1S/C7H5FN2O3S/c8-6-1-4(14(11,12)13)2-7-5(6)3-9-10-7/h1-3H,(H,9,10)(H,11,12,13). The molecule has 0 aliphatic carbocycles. The van der Waals surface area contributed by atoms with E-state index in [4.69, 9.17) is 4.55 Å². The molecular formula is C7H5FN2O3S. The van der Waals surface area contributed by atoms with Crippen LogP contribution in [0.5, 0.6) is 0 Å². The van der Waals surface area contributed by atoms with Crippen LogP contribution in [0.15, 0.2) is 23.2 Å². The van der Waals surface area contributed by atoms with Crippen molar-refractivity contribution < 1.29 is 17.4 Å². The van der Waals surface area contributed by atoms with Crippen molar-refractivity contribution in [2.75, 3.05) is 0 Å². The third-order valence-corrected chi connectivity index (χ3v) is 2.61. The molecule has 0 radical (unpaired) electrons. The van der Waals surface area contributed by atoms with Gasteiger partial charge in [0.1, 0.15) is 5.82 Å². The predicted octanol–water partition coefficient (Wildman–Crippen LogP) is 0.949. The Kier molecular flexibility index (Phi) is 1.79. The number of aromatic nitrogens is 2. The number of halogens is 1. The average Bonchev–Trinajstić information content (AvgIpc) is 2.50. The summed E-state index contributed by atoms with van der Waals surface area (Å²) < 4.78 is 43.3. The van der Waals surface area contributed by atoms with Crippen molar-refractivity contribution >= 4 is 21.0 Å². The normalized spacial score (nSPS) is 12.1. The molecule has 1 aromatic carbocycles. The summed E-state index contributed by atoms with van der Waals surface area (Å²) >= 11 is 0. The first-order chi connectivity index (χ1) is 6.48. The number of aromatic amines is 1. The molecule has 7 heteroatoms. The Labute approximate surface area is 78.3 Å². The Morgan fingerprint density at radius 1 is 1.43 bits per heavy atom. The van der Waals surface area contributed by atoms with Gasteiger partial charge in [-0.2, -0.15) is 13.5 Å². The van der Waals surface area contributed by atoms with Crippen molar-refractivity contribution in [1.29, 1.82) is 0 Å². The van der Waals surface area contributed by atoms with E-state index < -0.39 is 20.8 Å². The lowest BCUT2D eigenvalue weighted by Crippen LogP contribution is -1.98. The van der Waals surface area contributed by atoms with Gasteiger partial charge in [-0.25, -0.2) is 4.39 Å². The lowest BCUT2D eigenvalue weighted by Gasteiger charge is -1.97. The van der Waals surface area contributed by atoms with Crippen LogP contribution >= 0.6 is 0 Å². The molecule has 1 aromatic heterocycles. The minimum Gasteiger partial charge on any atom is -0.282 e. The third kappa shape index (κ3) is 1.36. The molecule has 5 nitrogen and oxygen atoms in total. The Balaban J connectivity index is 2.83. The molecule has 2 aromatic rings. The van der Waals surface area contributed by atoms with Gasteiger partial charge in [0.2, 0.25) is 0 Å². The minimum absolute atomic E-state index is 0.178. The van der Waals surface area contributed by atoms with Crippen LogP contribution in [0.3, 0.4) is 0 Å². The lowest BCUT2D eigenvalue weighted by molar-refractivity contribution is 0.482. The summed E-state index contributed by atoms with van der Waals surface area (Å²) in [5, 5.41) is 6.13. The topological polar surface area (TPSA) is 83.1 Å². The van der Waals surface area contributed by atoms with Crippen LogP contribution in [0.4, 0.5) is 4.39 Å². The molecule has 0 saturated heterocycles. The fourth-order valence-electron chi connectivity index (χ4n) is 1.13. The summed E-state index contributed by atoms with van der Waals surface area (Å²) in [4.78, 5) is -0.494. The fourth-order valence-corrected chi connectivity index (χ4v) is 1.65. The second kappa shape index (κ2) is 2.76. The molecule has 0 fully saturated rings. The molecule has 14 heavy (non-hydrogen) atoms. The number of benzene rings is 1. The number of rotatable bonds is 1. The van der Waals surface area contributed by atoms with Gasteiger partial charge in [0.05, 0.1) is 22.0 Å². The lowest BCUT2D eigenvalue weighted by atomic mass is 10.2. The fraction of sp³-hybridized carbons (Fsp3) is 0. The van der Waals surface area contributed by atoms with Crippen LogP contribution < -0.4 is 0 Å². The number of fused-ring (bicyclic) bond motifs is 1. The first kappa shape index (κ1) is 9.10. The zero-order valence-corrected chi connectivity index (χ0v) is 7.55. The highest BCUT2D eigenvalue weighted by Gasteiger charge is 2.14. The van der Waals surface area contributed by atoms with E-state index >= 15 is 0 Å². The highest BCUT2D eigenvalue weighted by Crippen LogP contribution is 2.20. The molecular weight excluding hydrogens is 211 g/mol. The molecule has 1 heterocycles. The Morgan fingerprint density at radius 2 is 2.14 bits per heavy atom. The van der Waals surface area contributed by atoms with Crippen molar-refractivity contribution in [3.05, 3.63) is 24.1 Å². The number of nitrogens with zero attached hydrogens (tertiary/aromatic N) is 1. The van der Waals surface area contributed by atoms with E-state index in [1.807, 2.05) is 0 Å². The largest absolute Gasteiger partial charge is 0.294 e. The summed E-state index contributed by atoms with van der Waals surface area (Å²) in [7, 11) is -4.38. The first-order valence-electron chi connectivity index (χ1n) is 3.58. The van der Waals surface area contributed by atoms with Gasteiger partial charge in [0.25, 0.3) is 10.1 Å². The van der Waals surface area contributed by atoms with Gasteiger partial charge in [0.15, 0.2) is 0 Å². The molecule has 0 atom stereocenters. The van der Waals surface area contributed by atoms with E-state index in [1.165, 1.54) is 6.20 Å². The van der Waals surface area contributed by atoms with Crippen LogP contribution in [0.1, 0.15) is 0 Å². The maximum Gasteiger partial charge on any atom is 0.294 e. The Bertz CT molecular complexity index is 590. The van der Waals surface area contributed by atoms with Gasteiger partial charge in [-0.1, -0.05) is 0 Å². The van der Waals surface area contributed by atoms with Gasteiger partial charge in [0, 0.05) is 0 Å². The van der Waals surface area contributed by atoms with Crippen LogP contribution in [-0.4, -0.2) is 23.2 Å². The minimum atomic E-state index is -4.38. The van der Waals surface area contributed by atoms with E-state index in [2.05, 4.69) is 10.2 Å². The van der Waals surface area contributed by atoms with Crippen LogP contribution in [0.25, 0.3) is 10.9 Å². The third-order valence-electron chi connectivity index (χ3n) is 1.78. The van der Waals surface area contributed by atoms with Gasteiger partial charge in [-0.05, 0) is 12.1 Å². The highest BCUT2D eigenvalue weighted by molar-refractivity contribution is 7.85. The maximum absolute atomic E-state index is 13.2. The van der Waals surface area contributed by atoms with Crippen molar-refractivity contribution in [3.8, 4) is 0 Å². The molecule has 2 rings (SSSR count). The van der Waals surface area contributed by atoms with Crippen LogP contribution in [-0.2, 0) is 10.1 Å². The number of hydrogen-bond donors (Lipinski definition) is 2. The Morgan fingerprint density at radius 3 is 2.79 bits per heavy atom. The number of nitrogens with one attached hydrogen (secondary N) is 1. The van der Waals surface area contributed by atoms with E-state index in [0.29, 0.717) is 0 Å². The second-order valence-corrected chi connectivity index (χ2v) is 4.13. The first-order valence-corrected chi connectivity index (χ1v) is 5.02. The van der Waals surface area contributed by atoms with Crippen molar-refractivity contribution in [2.24, 2.45) is 0 Å². The zero-order valence-electron chi connectivity index (χ0n) is 6.73. The summed E-state index contributed by atoms with van der Waals surface area (Å²) in [5.41, 5.74) is 0.220. The molecule has 0 spiro atoms. The van der Waals surface area contributed by atoms with Crippen molar-refractivity contribution in [1.82, 2.24) is 10.2 Å². The zero-order chi connectivity index (χ0) is 10.3. The molecule has 2 N–H and O–H groups in total. The molecule has 0 aliphatic heterocycles. The van der Waals surface area contributed by atoms with E-state index in [0.717, 1.165) is 12.1 Å². The molecule has 0 unspecified atom stereocenters. The number of hydrogen-bond acceptors (Lipinski definition) is 3. The SMILES string of the molecule is O=S(=O)(O)c1cc(F)c2cn[nH]c2c1. The van der Waals surface area contributed by atoms with Gasteiger partial charge in [-0.3, -0.25) is 9.65 Å². The molecule has 74 valence electrons. The quantitative estimate of drug-likeness (QED) is 0.695. The second-order valence-electron chi connectivity index (χ2n) is 2.71. The molecule has 0 bridgehead atoms. The molecule has 0 aliphatic rings. The van der Waals surface area contributed by atoms with Gasteiger partial charge >= 0.3 is 0 Å². The summed E-state index contributed by atoms with van der Waals surface area (Å²) in [5.74, 6) is -0.746. The highest BCUT2D eigenvalue weighted by atomic mass is 32.2. The smallest absolute Gasteiger partial charge is 0.282 e. The van der Waals surface area contributed by atoms with E-state index in [9.17, 15) is 12.8 Å². The van der Waals surface area contributed by atoms with Crippen LogP contribution in [0, 0.1) is 5.82 Å². The molecule has 0 amide bonds. The van der Waals surface area contributed by atoms with Gasteiger partial charge in [-0.15, -0.1) is 0 Å². The maximum atomic E-state index is 13.2. The average molecular weight is 216 g/mol. The monoisotopic (exact) mass is 216 g/mol. The molecule has 0 saturated carbocycles. The van der Waals surface area contributed by atoms with Gasteiger partial charge < -0.3 is 0 Å². The van der Waals surface area contributed by atoms with Crippen molar-refractivity contribution in [3.63, 3.8) is 0 Å². The summed E-state index contributed by atoms with van der Waals surface area (Å²) in [6, 6.07) is 1.86. The Hall–Kier alpha value is -1.47. The summed E-state index contributed by atoms with van der Waals surface area (Å²) in [6.07, 6.45) is 1.23. The van der Waals surface area contributed by atoms with E-state index in [-0.39, 0.29) is 10.9 Å².